The van der Waals surface area contributed by atoms with Gasteiger partial charge in [0, 0.05) is 13.5 Å². The lowest BCUT2D eigenvalue weighted by Gasteiger charge is -2.06. The van der Waals surface area contributed by atoms with E-state index >= 15 is 0 Å². The summed E-state index contributed by atoms with van der Waals surface area (Å²) >= 11 is 5.40. The smallest absolute Gasteiger partial charge is 0.342 e. The van der Waals surface area contributed by atoms with Gasteiger partial charge in [-0.15, -0.1) is 11.6 Å². The lowest BCUT2D eigenvalue weighted by Crippen LogP contribution is -2.19. The molecule has 1 heterocycles. The first-order valence-electron chi connectivity index (χ1n) is 5.49. The lowest BCUT2D eigenvalue weighted by atomic mass is 10.4. The summed E-state index contributed by atoms with van der Waals surface area (Å²) in [6, 6.07) is 0. The second kappa shape index (κ2) is 8.84. The molecule has 18 heavy (non-hydrogen) atoms. The third kappa shape index (κ3) is 5.44. The molecule has 0 radical (unpaired) electrons. The number of imidazole rings is 1. The SMILES string of the molecule is CCCO.Cc1ncc([N+](=O)[O-])n1CC(O)CCl. The maximum atomic E-state index is 10.5. The summed E-state index contributed by atoms with van der Waals surface area (Å²) in [6.07, 6.45) is 1.24. The van der Waals surface area contributed by atoms with Crippen LogP contribution in [0.3, 0.4) is 0 Å². The highest BCUT2D eigenvalue weighted by Crippen LogP contribution is 2.14. The van der Waals surface area contributed by atoms with Gasteiger partial charge >= 0.3 is 5.82 Å². The zero-order chi connectivity index (χ0) is 14.1. The summed E-state index contributed by atoms with van der Waals surface area (Å²) in [5, 5.41) is 27.7. The quantitative estimate of drug-likeness (QED) is 0.477. The van der Waals surface area contributed by atoms with Gasteiger partial charge in [-0.05, 0) is 11.3 Å². The van der Waals surface area contributed by atoms with E-state index < -0.39 is 11.0 Å². The van der Waals surface area contributed by atoms with E-state index in [0.717, 1.165) is 12.6 Å². The van der Waals surface area contributed by atoms with Crippen molar-refractivity contribution in [2.75, 3.05) is 12.5 Å². The Morgan fingerprint density at radius 3 is 2.61 bits per heavy atom. The van der Waals surface area contributed by atoms with Crippen LogP contribution in [0.15, 0.2) is 6.20 Å². The molecule has 0 fully saturated rings. The van der Waals surface area contributed by atoms with Crippen molar-refractivity contribution in [3.8, 4) is 0 Å². The van der Waals surface area contributed by atoms with Gasteiger partial charge in [0.25, 0.3) is 0 Å². The van der Waals surface area contributed by atoms with Gasteiger partial charge in [0.2, 0.25) is 0 Å². The van der Waals surface area contributed by atoms with Crippen LogP contribution in [0.4, 0.5) is 5.82 Å². The van der Waals surface area contributed by atoms with Crippen LogP contribution in [0.25, 0.3) is 0 Å². The van der Waals surface area contributed by atoms with E-state index in [1.54, 1.807) is 6.92 Å². The van der Waals surface area contributed by atoms with Crippen LogP contribution in [0.1, 0.15) is 19.2 Å². The van der Waals surface area contributed by atoms with Gasteiger partial charge in [-0.2, -0.15) is 0 Å². The highest BCUT2D eigenvalue weighted by Gasteiger charge is 2.19. The molecule has 0 aromatic carbocycles. The molecule has 0 saturated carbocycles. The molecule has 0 bridgehead atoms. The lowest BCUT2D eigenvalue weighted by molar-refractivity contribution is -0.392. The minimum Gasteiger partial charge on any atom is -0.396 e. The van der Waals surface area contributed by atoms with Crippen LogP contribution in [0.5, 0.6) is 0 Å². The molecule has 1 rings (SSSR count). The topological polar surface area (TPSA) is 101 Å². The molecule has 0 amide bonds. The number of aliphatic hydroxyl groups is 2. The zero-order valence-electron chi connectivity index (χ0n) is 10.4. The fourth-order valence-corrected chi connectivity index (χ4v) is 1.18. The van der Waals surface area contributed by atoms with E-state index in [0.29, 0.717) is 12.4 Å². The fourth-order valence-electron chi connectivity index (χ4n) is 1.09. The first-order valence-corrected chi connectivity index (χ1v) is 6.02. The molecule has 0 aliphatic carbocycles. The van der Waals surface area contributed by atoms with Crippen LogP contribution in [0.2, 0.25) is 0 Å². The average Bonchev–Trinajstić information content (AvgIpc) is 2.71. The minimum atomic E-state index is -0.803. The summed E-state index contributed by atoms with van der Waals surface area (Å²) in [4.78, 5) is 13.8. The molecule has 1 aromatic rings. The Bertz CT molecular complexity index is 368. The summed E-state index contributed by atoms with van der Waals surface area (Å²) in [6.45, 7) is 3.97. The van der Waals surface area contributed by atoms with Crippen LogP contribution < -0.4 is 0 Å². The van der Waals surface area contributed by atoms with Gasteiger partial charge in [0.1, 0.15) is 18.8 Å². The van der Waals surface area contributed by atoms with E-state index in [-0.39, 0.29) is 18.2 Å². The van der Waals surface area contributed by atoms with E-state index in [9.17, 15) is 15.2 Å². The average molecular weight is 280 g/mol. The van der Waals surface area contributed by atoms with Crippen LogP contribution in [-0.4, -0.2) is 43.3 Å². The number of hydrogen-bond donors (Lipinski definition) is 2. The van der Waals surface area contributed by atoms with Crippen molar-refractivity contribution < 1.29 is 15.1 Å². The second-order valence-corrected chi connectivity index (χ2v) is 3.87. The summed E-state index contributed by atoms with van der Waals surface area (Å²) in [5.41, 5.74) is 0. The van der Waals surface area contributed by atoms with Crippen LogP contribution in [0, 0.1) is 17.0 Å². The van der Waals surface area contributed by atoms with Crippen molar-refractivity contribution in [2.24, 2.45) is 0 Å². The molecule has 1 unspecified atom stereocenters. The van der Waals surface area contributed by atoms with Gasteiger partial charge in [0.15, 0.2) is 5.82 Å². The van der Waals surface area contributed by atoms with Crippen molar-refractivity contribution in [3.05, 3.63) is 22.1 Å². The maximum Gasteiger partial charge on any atom is 0.342 e. The van der Waals surface area contributed by atoms with Crippen molar-refractivity contribution in [1.82, 2.24) is 9.55 Å². The Labute approximate surface area is 110 Å². The van der Waals surface area contributed by atoms with Crippen molar-refractivity contribution in [1.29, 1.82) is 0 Å². The molecule has 1 atom stereocenters. The zero-order valence-corrected chi connectivity index (χ0v) is 11.2. The van der Waals surface area contributed by atoms with Crippen LogP contribution in [-0.2, 0) is 6.54 Å². The number of aliphatic hydroxyl groups excluding tert-OH is 2. The Morgan fingerprint density at radius 1 is 1.67 bits per heavy atom. The van der Waals surface area contributed by atoms with Gasteiger partial charge in [0.05, 0.1) is 5.88 Å². The molecule has 0 saturated heterocycles. The molecule has 8 heteroatoms. The predicted octanol–water partition coefficient (Wildman–Crippen LogP) is 1.09. The highest BCUT2D eigenvalue weighted by molar-refractivity contribution is 6.18. The van der Waals surface area contributed by atoms with Crippen molar-refractivity contribution in [2.45, 2.75) is 32.9 Å². The normalized spacial score (nSPS) is 11.6. The monoisotopic (exact) mass is 279 g/mol. The number of rotatable bonds is 5. The summed E-state index contributed by atoms with van der Waals surface area (Å²) in [5.74, 6) is 0.391. The standard InChI is InChI=1S/C7H10ClN3O3.C3H8O/c1-5-9-3-7(11(13)14)10(5)4-6(12)2-8;1-2-3-4/h3,6,12H,2,4H2,1H3;4H,2-3H2,1H3. The van der Waals surface area contributed by atoms with E-state index in [1.165, 1.54) is 4.57 Å². The number of aryl methyl sites for hydroxylation is 1. The third-order valence-electron chi connectivity index (χ3n) is 2.02. The number of nitrogens with zero attached hydrogens (tertiary/aromatic N) is 3. The Morgan fingerprint density at radius 2 is 2.22 bits per heavy atom. The first-order chi connectivity index (χ1) is 8.47. The molecular weight excluding hydrogens is 262 g/mol. The highest BCUT2D eigenvalue weighted by atomic mass is 35.5. The number of aromatic nitrogens is 2. The van der Waals surface area contributed by atoms with E-state index in [2.05, 4.69) is 4.98 Å². The van der Waals surface area contributed by atoms with Gasteiger partial charge in [-0.3, -0.25) is 0 Å². The second-order valence-electron chi connectivity index (χ2n) is 3.56. The third-order valence-corrected chi connectivity index (χ3v) is 2.37. The molecule has 7 nitrogen and oxygen atoms in total. The van der Waals surface area contributed by atoms with Gasteiger partial charge < -0.3 is 20.3 Å². The first kappa shape index (κ1) is 16.8. The molecule has 104 valence electrons. The van der Waals surface area contributed by atoms with E-state index in [1.807, 2.05) is 6.92 Å². The minimum absolute atomic E-state index is 0.0365. The molecule has 0 aliphatic heterocycles. The number of hydrogen-bond acceptors (Lipinski definition) is 5. The van der Waals surface area contributed by atoms with Crippen molar-refractivity contribution in [3.63, 3.8) is 0 Å². The molecule has 1 aromatic heterocycles. The molecule has 0 spiro atoms. The Hall–Kier alpha value is -1.18. The largest absolute Gasteiger partial charge is 0.396 e. The number of halogens is 1. The molecule has 2 N–H and O–H groups in total. The van der Waals surface area contributed by atoms with Gasteiger partial charge in [-0.1, -0.05) is 6.92 Å². The summed E-state index contributed by atoms with van der Waals surface area (Å²) < 4.78 is 1.33. The van der Waals surface area contributed by atoms with Gasteiger partial charge in [-0.25, -0.2) is 9.55 Å². The summed E-state index contributed by atoms with van der Waals surface area (Å²) in [7, 11) is 0. The number of nitro groups is 1. The molecular formula is C10H18ClN3O4. The van der Waals surface area contributed by atoms with E-state index in [4.69, 9.17) is 16.7 Å². The molecule has 0 aliphatic rings. The Kier molecular flexibility index (Phi) is 8.27. The maximum absolute atomic E-state index is 10.5. The number of alkyl halides is 1. The van der Waals surface area contributed by atoms with Crippen molar-refractivity contribution >= 4 is 17.4 Å². The predicted molar refractivity (Wildman–Crippen MR) is 67.7 cm³/mol. The van der Waals surface area contributed by atoms with Crippen LogP contribution >= 0.6 is 11.6 Å². The Balaban J connectivity index is 0.000000631. The fraction of sp³-hybridized carbons (Fsp3) is 0.700.